The summed E-state index contributed by atoms with van der Waals surface area (Å²) in [5.74, 6) is -0.188. The van der Waals surface area contributed by atoms with Gasteiger partial charge in [0.15, 0.2) is 0 Å². The number of alkyl halides is 6. The Morgan fingerprint density at radius 1 is 0.894 bits per heavy atom. The molecular weight excluding hydrogens is 628 g/mol. The fraction of sp³-hybridized carbons (Fsp3) is 0.323. The van der Waals surface area contributed by atoms with E-state index in [9.17, 15) is 31.1 Å². The first-order chi connectivity index (χ1) is 22.4. The summed E-state index contributed by atoms with van der Waals surface area (Å²) in [5.41, 5.74) is 4.95. The molecule has 47 heavy (non-hydrogen) atoms. The maximum Gasteiger partial charge on any atom is 0.416 e. The highest BCUT2D eigenvalue weighted by molar-refractivity contribution is 6.06. The summed E-state index contributed by atoms with van der Waals surface area (Å²) in [6.07, 6.45) is -4.48. The number of halogens is 6. The number of tetrazole rings is 1. The summed E-state index contributed by atoms with van der Waals surface area (Å²) in [5, 5.41) is 18.1. The number of benzene rings is 3. The van der Waals surface area contributed by atoms with Crippen molar-refractivity contribution in [3.05, 3.63) is 94.5 Å². The largest absolute Gasteiger partial charge is 0.416 e. The van der Waals surface area contributed by atoms with Crippen molar-refractivity contribution in [2.24, 2.45) is 10.7 Å². The van der Waals surface area contributed by atoms with Crippen LogP contribution in [0.3, 0.4) is 0 Å². The predicted octanol–water partition coefficient (Wildman–Crippen LogP) is 6.93. The number of hydrogen-bond acceptors (Lipinski definition) is 6. The van der Waals surface area contributed by atoms with Crippen molar-refractivity contribution in [3.63, 3.8) is 0 Å². The molecule has 16 heteroatoms. The number of H-pyrrole nitrogens is 1. The molecule has 1 amide bonds. The van der Waals surface area contributed by atoms with Crippen LogP contribution >= 0.6 is 0 Å². The molecule has 1 aliphatic rings. The summed E-state index contributed by atoms with van der Waals surface area (Å²) in [4.78, 5) is 18.4. The molecule has 0 atom stereocenters. The number of aromatic nitrogens is 4. The maximum absolute atomic E-state index is 13.6. The number of carbonyl (C=O) groups excluding carboxylic acids is 1. The molecule has 4 aromatic rings. The van der Waals surface area contributed by atoms with Crippen molar-refractivity contribution in [2.75, 3.05) is 22.2 Å². The lowest BCUT2D eigenvalue weighted by Crippen LogP contribution is -2.37. The number of nitrogens with one attached hydrogen (secondary N) is 3. The van der Waals surface area contributed by atoms with E-state index in [1.807, 2.05) is 24.3 Å². The lowest BCUT2D eigenvalue weighted by Gasteiger charge is -2.29. The number of nitrogens with two attached hydrogens (primary N) is 1. The van der Waals surface area contributed by atoms with E-state index >= 15 is 0 Å². The Morgan fingerprint density at radius 2 is 1.53 bits per heavy atom. The third-order valence-electron chi connectivity index (χ3n) is 7.75. The second-order valence-corrected chi connectivity index (χ2v) is 11.0. The van der Waals surface area contributed by atoms with Crippen molar-refractivity contribution in [1.29, 1.82) is 0 Å². The minimum Gasteiger partial charge on any atom is -0.326 e. The van der Waals surface area contributed by atoms with Crippen LogP contribution in [0.15, 0.2) is 71.7 Å². The highest BCUT2D eigenvalue weighted by Gasteiger charge is 2.37. The molecule has 248 valence electrons. The SMILES string of the molecule is NC/N=C(/Nc1cc(C(F)(F)F)cc(C(F)(F)F)c1)N(Cc1ccc(C(=O)Nc2nn[nH]n2)cc1)c1ccc(C2CCCCC2)cc1. The van der Waals surface area contributed by atoms with Gasteiger partial charge >= 0.3 is 12.4 Å². The molecule has 3 aromatic carbocycles. The van der Waals surface area contributed by atoms with E-state index in [0.717, 1.165) is 31.2 Å². The van der Waals surface area contributed by atoms with Crippen LogP contribution in [-0.2, 0) is 18.9 Å². The topological polar surface area (TPSA) is 137 Å². The van der Waals surface area contributed by atoms with Crippen LogP contribution in [0.25, 0.3) is 0 Å². The molecule has 0 unspecified atom stereocenters. The lowest BCUT2D eigenvalue weighted by molar-refractivity contribution is -0.143. The molecule has 10 nitrogen and oxygen atoms in total. The van der Waals surface area contributed by atoms with E-state index in [0.29, 0.717) is 29.3 Å². The van der Waals surface area contributed by atoms with Crippen molar-refractivity contribution < 1.29 is 31.1 Å². The van der Waals surface area contributed by atoms with Crippen molar-refractivity contribution in [1.82, 2.24) is 20.6 Å². The number of anilines is 3. The van der Waals surface area contributed by atoms with Gasteiger partial charge < -0.3 is 16.0 Å². The number of aliphatic imine (C=N–C) groups is 1. The van der Waals surface area contributed by atoms with E-state index in [4.69, 9.17) is 5.73 Å². The minimum absolute atomic E-state index is 0.0149. The molecule has 1 aliphatic carbocycles. The van der Waals surface area contributed by atoms with Crippen LogP contribution in [0.5, 0.6) is 0 Å². The lowest BCUT2D eigenvalue weighted by atomic mass is 9.84. The van der Waals surface area contributed by atoms with Gasteiger partial charge in [0.05, 0.1) is 24.3 Å². The molecule has 1 aromatic heterocycles. The summed E-state index contributed by atoms with van der Waals surface area (Å²) >= 11 is 0. The van der Waals surface area contributed by atoms with E-state index < -0.39 is 35.1 Å². The molecule has 0 radical (unpaired) electrons. The normalized spacial score (nSPS) is 14.6. The van der Waals surface area contributed by atoms with Crippen molar-refractivity contribution in [3.8, 4) is 0 Å². The predicted molar refractivity (Wildman–Crippen MR) is 164 cm³/mol. The van der Waals surface area contributed by atoms with E-state index in [2.05, 4.69) is 36.3 Å². The number of hydrogen-bond donors (Lipinski definition) is 4. The summed E-state index contributed by atoms with van der Waals surface area (Å²) in [7, 11) is 0. The first kappa shape index (κ1) is 33.4. The Labute approximate surface area is 265 Å². The van der Waals surface area contributed by atoms with Crippen molar-refractivity contribution >= 4 is 29.2 Å². The number of rotatable bonds is 8. The number of carbonyl (C=O) groups is 1. The minimum atomic E-state index is -5.03. The molecule has 1 heterocycles. The summed E-state index contributed by atoms with van der Waals surface area (Å²) in [6, 6.07) is 15.2. The fourth-order valence-electron chi connectivity index (χ4n) is 5.42. The van der Waals surface area contributed by atoms with Gasteiger partial charge in [-0.2, -0.15) is 31.6 Å². The number of amides is 1. The van der Waals surface area contributed by atoms with Crippen LogP contribution in [0, 0.1) is 0 Å². The Bertz CT molecular complexity index is 1630. The van der Waals surface area contributed by atoms with Gasteiger partial charge in [-0.25, -0.2) is 4.99 Å². The summed E-state index contributed by atoms with van der Waals surface area (Å²) in [6.45, 7) is -0.258. The van der Waals surface area contributed by atoms with E-state index in [1.165, 1.54) is 6.42 Å². The van der Waals surface area contributed by atoms with E-state index in [-0.39, 0.29) is 36.8 Å². The molecule has 1 saturated carbocycles. The van der Waals surface area contributed by atoms with Gasteiger partial charge in [-0.15, -0.1) is 5.10 Å². The average molecular weight is 660 g/mol. The molecule has 0 spiro atoms. The third kappa shape index (κ3) is 8.64. The van der Waals surface area contributed by atoms with Gasteiger partial charge in [0.25, 0.3) is 11.9 Å². The Hall–Kier alpha value is -4.99. The van der Waals surface area contributed by atoms with E-state index in [1.54, 1.807) is 29.2 Å². The van der Waals surface area contributed by atoms with Crippen LogP contribution in [0.4, 0.5) is 43.7 Å². The second-order valence-electron chi connectivity index (χ2n) is 11.0. The molecule has 0 saturated heterocycles. The molecule has 5 rings (SSSR count). The highest BCUT2D eigenvalue weighted by Crippen LogP contribution is 2.38. The van der Waals surface area contributed by atoms with Crippen LogP contribution < -0.4 is 21.3 Å². The smallest absolute Gasteiger partial charge is 0.326 e. The summed E-state index contributed by atoms with van der Waals surface area (Å²) < 4.78 is 81.7. The van der Waals surface area contributed by atoms with Gasteiger partial charge in [0, 0.05) is 16.9 Å². The molecule has 0 bridgehead atoms. The first-order valence-corrected chi connectivity index (χ1v) is 14.7. The monoisotopic (exact) mass is 659 g/mol. The maximum atomic E-state index is 13.6. The number of guanidine groups is 1. The third-order valence-corrected chi connectivity index (χ3v) is 7.75. The molecule has 5 N–H and O–H groups in total. The highest BCUT2D eigenvalue weighted by atomic mass is 19.4. The quantitative estimate of drug-likeness (QED) is 0.0915. The first-order valence-electron chi connectivity index (χ1n) is 14.7. The standard InChI is InChI=1S/C31H31F6N9O/c32-30(33,34)23-14-24(31(35,36)37)16-25(15-23)40-29(39-18-38)46(26-12-10-21(11-13-26)20-4-2-1-3-5-20)17-19-6-8-22(9-7-19)27(47)41-28-42-44-45-43-28/h6-16,20H,1-5,17-18,38H2,(H,39,40)(H2,41,42,43,44,45,47). The van der Waals surface area contributed by atoms with Gasteiger partial charge in [0.2, 0.25) is 5.96 Å². The Kier molecular flexibility index (Phi) is 10.1. The van der Waals surface area contributed by atoms with Crippen LogP contribution in [0.1, 0.15) is 70.6 Å². The Morgan fingerprint density at radius 3 is 2.09 bits per heavy atom. The van der Waals surface area contributed by atoms with Gasteiger partial charge in [0.1, 0.15) is 0 Å². The zero-order valence-electron chi connectivity index (χ0n) is 24.9. The zero-order valence-corrected chi connectivity index (χ0v) is 24.9. The van der Waals surface area contributed by atoms with Crippen LogP contribution in [0.2, 0.25) is 0 Å². The number of nitrogens with zero attached hydrogens (tertiary/aromatic N) is 5. The van der Waals surface area contributed by atoms with Crippen molar-refractivity contribution in [2.45, 2.75) is 56.9 Å². The average Bonchev–Trinajstić information content (AvgIpc) is 3.56. The van der Waals surface area contributed by atoms with Crippen LogP contribution in [-0.4, -0.2) is 39.2 Å². The second kappa shape index (κ2) is 14.2. The molecule has 0 aliphatic heterocycles. The molecule has 1 fully saturated rings. The number of aromatic amines is 1. The zero-order chi connectivity index (χ0) is 33.6. The Balaban J connectivity index is 1.48. The molecular formula is C31H31F6N9O. The van der Waals surface area contributed by atoms with Gasteiger partial charge in [-0.3, -0.25) is 10.1 Å². The fourth-order valence-corrected chi connectivity index (χ4v) is 5.42. The van der Waals surface area contributed by atoms with Gasteiger partial charge in [-0.05, 0) is 77.6 Å². The van der Waals surface area contributed by atoms with Gasteiger partial charge in [-0.1, -0.05) is 48.6 Å².